The van der Waals surface area contributed by atoms with E-state index in [0.717, 1.165) is 0 Å². The van der Waals surface area contributed by atoms with E-state index >= 15 is 0 Å². The summed E-state index contributed by atoms with van der Waals surface area (Å²) in [6.45, 7) is 0. The van der Waals surface area contributed by atoms with Crippen LogP contribution in [0.5, 0.6) is 0 Å². The maximum Gasteiger partial charge on any atom is 0.229 e. The fraction of sp³-hybridized carbons (Fsp3) is 0.300. The summed E-state index contributed by atoms with van der Waals surface area (Å²) in [6.07, 6.45) is 3.36. The van der Waals surface area contributed by atoms with Gasteiger partial charge in [-0.1, -0.05) is 0 Å². The zero-order valence-corrected chi connectivity index (χ0v) is 11.7. The number of nitrogens with zero attached hydrogens (tertiary/aromatic N) is 3. The maximum absolute atomic E-state index is 11.7. The van der Waals surface area contributed by atoms with Crippen LogP contribution in [0.25, 0.3) is 6.08 Å². The van der Waals surface area contributed by atoms with E-state index in [-0.39, 0.29) is 12.3 Å². The van der Waals surface area contributed by atoms with Crippen LogP contribution in [0.1, 0.15) is 11.5 Å². The molecule has 1 atom stereocenters. The third kappa shape index (κ3) is 2.44. The molecule has 0 bridgehead atoms. The Morgan fingerprint density at radius 2 is 2.24 bits per heavy atom. The van der Waals surface area contributed by atoms with Crippen LogP contribution in [-0.2, 0) is 22.0 Å². The highest BCUT2D eigenvalue weighted by molar-refractivity contribution is 9.13. The summed E-state index contributed by atoms with van der Waals surface area (Å²) >= 11 is 3.20. The Morgan fingerprint density at radius 3 is 2.88 bits per heavy atom. The molecule has 0 saturated carbocycles. The zero-order chi connectivity index (χ0) is 12.6. The van der Waals surface area contributed by atoms with E-state index in [1.165, 1.54) is 11.1 Å². The van der Waals surface area contributed by atoms with Crippen LogP contribution in [0.2, 0.25) is 0 Å². The molecule has 0 aliphatic carbocycles. The molecule has 0 spiro atoms. The van der Waals surface area contributed by atoms with Crippen LogP contribution < -0.4 is 0 Å². The molecule has 7 heteroatoms. The predicted octanol–water partition coefficient (Wildman–Crippen LogP) is 0.922. The van der Waals surface area contributed by atoms with Gasteiger partial charge >= 0.3 is 0 Å². The number of aromatic nitrogens is 2. The first kappa shape index (κ1) is 12.4. The Balaban J connectivity index is 2.27. The minimum atomic E-state index is -1.21. The van der Waals surface area contributed by atoms with Gasteiger partial charge in [0.05, 0.1) is 31.6 Å². The molecule has 2 rings (SSSR count). The fourth-order valence-electron chi connectivity index (χ4n) is 1.31. The van der Waals surface area contributed by atoms with Gasteiger partial charge in [0.15, 0.2) is 0 Å². The molecule has 1 unspecified atom stereocenters. The standard InChI is InChI=1S/C10H10BrN3O2S/c1-14(2)10(15)4-9-12-5-7-6(13-9)3-8(11)17(7)16/h3,5H,4H2,1-2H3. The summed E-state index contributed by atoms with van der Waals surface area (Å²) < 4.78 is 12.3. The van der Waals surface area contributed by atoms with Gasteiger partial charge in [0.1, 0.15) is 5.82 Å². The van der Waals surface area contributed by atoms with Gasteiger partial charge in [0.25, 0.3) is 0 Å². The first-order chi connectivity index (χ1) is 7.99. The van der Waals surface area contributed by atoms with Crippen LogP contribution in [0.4, 0.5) is 0 Å². The molecule has 1 aliphatic heterocycles. The van der Waals surface area contributed by atoms with Gasteiger partial charge in [0.2, 0.25) is 5.91 Å². The Bertz CT molecular complexity index is 542. The molecule has 0 radical (unpaired) electrons. The van der Waals surface area contributed by atoms with Gasteiger partial charge in [0, 0.05) is 20.3 Å². The van der Waals surface area contributed by atoms with Crippen LogP contribution >= 0.6 is 15.9 Å². The summed E-state index contributed by atoms with van der Waals surface area (Å²) in [5.74, 6) is 0.380. The van der Waals surface area contributed by atoms with Crippen molar-refractivity contribution in [1.82, 2.24) is 14.9 Å². The third-order valence-corrected chi connectivity index (χ3v) is 4.57. The van der Waals surface area contributed by atoms with Crippen molar-refractivity contribution in [1.29, 1.82) is 0 Å². The monoisotopic (exact) mass is 315 g/mol. The number of rotatable bonds is 2. The number of carbonyl (C=O) groups excluding carboxylic acids is 1. The largest absolute Gasteiger partial charge is 0.348 e. The average Bonchev–Trinajstić information content (AvgIpc) is 2.54. The topological polar surface area (TPSA) is 63.2 Å². The summed E-state index contributed by atoms with van der Waals surface area (Å²) in [5, 5.41) is 0. The average molecular weight is 316 g/mol. The third-order valence-electron chi connectivity index (χ3n) is 2.27. The van der Waals surface area contributed by atoms with Crippen LogP contribution in [0, 0.1) is 0 Å². The van der Waals surface area contributed by atoms with Gasteiger partial charge < -0.3 is 4.90 Å². The lowest BCUT2D eigenvalue weighted by molar-refractivity contribution is -0.128. The number of carbonyl (C=O) groups is 1. The molecule has 0 aromatic carbocycles. The first-order valence-electron chi connectivity index (χ1n) is 4.84. The fourth-order valence-corrected chi connectivity index (χ4v) is 2.92. The second-order valence-electron chi connectivity index (χ2n) is 3.72. The summed E-state index contributed by atoms with van der Waals surface area (Å²) in [5.41, 5.74) is 0.617. The molecule has 0 saturated heterocycles. The summed E-state index contributed by atoms with van der Waals surface area (Å²) in [4.78, 5) is 21.8. The quantitative estimate of drug-likeness (QED) is 0.814. The molecule has 1 aromatic heterocycles. The van der Waals surface area contributed by atoms with E-state index in [1.54, 1.807) is 20.2 Å². The number of fused-ring (bicyclic) bond motifs is 1. The highest BCUT2D eigenvalue weighted by Gasteiger charge is 2.22. The summed E-state index contributed by atoms with van der Waals surface area (Å²) in [7, 11) is 2.15. The highest BCUT2D eigenvalue weighted by Crippen LogP contribution is 2.30. The Morgan fingerprint density at radius 1 is 1.53 bits per heavy atom. The van der Waals surface area contributed by atoms with Gasteiger partial charge in [-0.3, -0.25) is 4.79 Å². The van der Waals surface area contributed by atoms with Crippen molar-refractivity contribution < 1.29 is 9.00 Å². The van der Waals surface area contributed by atoms with Crippen molar-refractivity contribution >= 4 is 38.7 Å². The van der Waals surface area contributed by atoms with Crippen LogP contribution in [-0.4, -0.2) is 39.1 Å². The molecule has 5 nitrogen and oxygen atoms in total. The second kappa shape index (κ2) is 4.66. The van der Waals surface area contributed by atoms with Crippen molar-refractivity contribution in [3.63, 3.8) is 0 Å². The molecule has 2 heterocycles. The van der Waals surface area contributed by atoms with Gasteiger partial charge in [-0.25, -0.2) is 14.2 Å². The number of likely N-dealkylation sites (N-methyl/N-ethyl adjacent to an activating group) is 1. The van der Waals surface area contributed by atoms with Gasteiger partial charge in [-0.2, -0.15) is 0 Å². The molecular weight excluding hydrogens is 306 g/mol. The molecule has 90 valence electrons. The first-order valence-corrected chi connectivity index (χ1v) is 6.78. The minimum Gasteiger partial charge on any atom is -0.348 e. The minimum absolute atomic E-state index is 0.0629. The smallest absolute Gasteiger partial charge is 0.229 e. The molecule has 0 fully saturated rings. The molecular formula is C10H10BrN3O2S. The Hall–Kier alpha value is -1.08. The molecule has 1 aromatic rings. The number of halogens is 1. The highest BCUT2D eigenvalue weighted by atomic mass is 79.9. The van der Waals surface area contributed by atoms with E-state index in [0.29, 0.717) is 20.2 Å². The van der Waals surface area contributed by atoms with E-state index in [1.807, 2.05) is 0 Å². The predicted molar refractivity (Wildman–Crippen MR) is 67.7 cm³/mol. The van der Waals surface area contributed by atoms with Crippen molar-refractivity contribution in [2.75, 3.05) is 14.1 Å². The van der Waals surface area contributed by atoms with Gasteiger partial charge in [-0.05, 0) is 22.0 Å². The van der Waals surface area contributed by atoms with E-state index in [2.05, 4.69) is 25.9 Å². The van der Waals surface area contributed by atoms with Crippen LogP contribution in [0.3, 0.4) is 0 Å². The van der Waals surface area contributed by atoms with Crippen molar-refractivity contribution in [2.45, 2.75) is 11.3 Å². The lowest BCUT2D eigenvalue weighted by atomic mass is 10.3. The molecule has 1 amide bonds. The zero-order valence-electron chi connectivity index (χ0n) is 9.31. The van der Waals surface area contributed by atoms with Gasteiger partial charge in [-0.15, -0.1) is 0 Å². The second-order valence-corrected chi connectivity index (χ2v) is 6.51. The SMILES string of the molecule is CN(C)C(=O)Cc1ncc2c(n1)C=C(Br)S2=O. The Labute approximate surface area is 110 Å². The van der Waals surface area contributed by atoms with Crippen LogP contribution in [0.15, 0.2) is 14.9 Å². The Kier molecular flexibility index (Phi) is 3.39. The van der Waals surface area contributed by atoms with Crippen molar-refractivity contribution in [3.05, 3.63) is 21.5 Å². The number of amides is 1. The number of hydrogen-bond acceptors (Lipinski definition) is 4. The van der Waals surface area contributed by atoms with Crippen molar-refractivity contribution in [3.8, 4) is 0 Å². The lowest BCUT2D eigenvalue weighted by Gasteiger charge is -2.09. The summed E-state index contributed by atoms with van der Waals surface area (Å²) in [6, 6.07) is 0. The van der Waals surface area contributed by atoms with E-state index in [9.17, 15) is 9.00 Å². The maximum atomic E-state index is 11.7. The normalized spacial score (nSPS) is 17.6. The number of hydrogen-bond donors (Lipinski definition) is 0. The van der Waals surface area contributed by atoms with E-state index < -0.39 is 10.8 Å². The molecule has 17 heavy (non-hydrogen) atoms. The van der Waals surface area contributed by atoms with Crippen molar-refractivity contribution in [2.24, 2.45) is 0 Å². The molecule has 0 N–H and O–H groups in total. The lowest BCUT2D eigenvalue weighted by Crippen LogP contribution is -2.24. The molecule has 1 aliphatic rings. The van der Waals surface area contributed by atoms with E-state index in [4.69, 9.17) is 0 Å².